The summed E-state index contributed by atoms with van der Waals surface area (Å²) in [6.07, 6.45) is 0. The van der Waals surface area contributed by atoms with Crippen LogP contribution in [0.1, 0.15) is 5.82 Å². The van der Waals surface area contributed by atoms with Crippen molar-refractivity contribution in [3.63, 3.8) is 0 Å². The van der Waals surface area contributed by atoms with E-state index in [0.29, 0.717) is 0 Å². The molecule has 20 heavy (non-hydrogen) atoms. The molecule has 0 radical (unpaired) electrons. The number of aromatic nitrogens is 4. The Balaban J connectivity index is 1.76. The van der Waals surface area contributed by atoms with Gasteiger partial charge in [0.2, 0.25) is 0 Å². The van der Waals surface area contributed by atoms with Crippen molar-refractivity contribution in [2.24, 2.45) is 0 Å². The lowest BCUT2D eigenvalue weighted by Gasteiger charge is -2.04. The Morgan fingerprint density at radius 3 is 2.50 bits per heavy atom. The summed E-state index contributed by atoms with van der Waals surface area (Å²) in [5, 5.41) is 11.9. The van der Waals surface area contributed by atoms with Gasteiger partial charge in [0.05, 0.1) is 11.4 Å². The first-order valence-corrected chi connectivity index (χ1v) is 7.82. The molecule has 0 bridgehead atoms. The van der Waals surface area contributed by atoms with Crippen LogP contribution in [0, 0.1) is 0 Å². The molecule has 1 heterocycles. The molecule has 0 spiro atoms. The van der Waals surface area contributed by atoms with E-state index < -0.39 is 0 Å². The van der Waals surface area contributed by atoms with E-state index in [-0.39, 0.29) is 0 Å². The molecule has 0 aliphatic rings. The number of benzene rings is 2. The molecule has 0 saturated carbocycles. The van der Waals surface area contributed by atoms with Crippen molar-refractivity contribution >= 4 is 27.7 Å². The molecule has 4 nitrogen and oxygen atoms in total. The van der Waals surface area contributed by atoms with Crippen molar-refractivity contribution in [3.05, 3.63) is 64.9 Å². The van der Waals surface area contributed by atoms with E-state index in [9.17, 15) is 0 Å². The highest BCUT2D eigenvalue weighted by atomic mass is 79.9. The van der Waals surface area contributed by atoms with Crippen molar-refractivity contribution in [2.75, 3.05) is 0 Å². The molecule has 0 aliphatic carbocycles. The zero-order valence-corrected chi connectivity index (χ0v) is 12.9. The third-order valence-corrected chi connectivity index (χ3v) is 4.25. The minimum Gasteiger partial charge on any atom is -0.196 e. The molecule has 0 N–H and O–H groups in total. The first kappa shape index (κ1) is 13.3. The fraction of sp³-hybridized carbons (Fsp3) is 0.0714. The minimum absolute atomic E-state index is 0.726. The summed E-state index contributed by atoms with van der Waals surface area (Å²) in [4.78, 5) is 1.19. The summed E-state index contributed by atoms with van der Waals surface area (Å²) < 4.78 is 2.85. The lowest BCUT2D eigenvalue weighted by Crippen LogP contribution is -2.01. The Bertz CT molecular complexity index is 682. The van der Waals surface area contributed by atoms with Crippen LogP contribution >= 0.6 is 27.7 Å². The SMILES string of the molecule is Brc1ccc(SCc2nnnn2-c2ccccc2)cc1. The number of tetrazole rings is 1. The molecule has 0 fully saturated rings. The van der Waals surface area contributed by atoms with Gasteiger partial charge in [-0.3, -0.25) is 0 Å². The summed E-state index contributed by atoms with van der Waals surface area (Å²) in [5.74, 6) is 1.56. The average molecular weight is 347 g/mol. The molecular weight excluding hydrogens is 336 g/mol. The van der Waals surface area contributed by atoms with Crippen molar-refractivity contribution in [2.45, 2.75) is 10.6 Å². The van der Waals surface area contributed by atoms with Gasteiger partial charge in [0.1, 0.15) is 0 Å². The van der Waals surface area contributed by atoms with Gasteiger partial charge in [-0.15, -0.1) is 16.9 Å². The highest BCUT2D eigenvalue weighted by molar-refractivity contribution is 9.10. The number of hydrogen-bond acceptors (Lipinski definition) is 4. The minimum atomic E-state index is 0.726. The summed E-state index contributed by atoms with van der Waals surface area (Å²) in [7, 11) is 0. The van der Waals surface area contributed by atoms with Crippen molar-refractivity contribution < 1.29 is 0 Å². The number of thioether (sulfide) groups is 1. The van der Waals surface area contributed by atoms with Gasteiger partial charge in [-0.1, -0.05) is 34.1 Å². The first-order valence-electron chi connectivity index (χ1n) is 6.04. The average Bonchev–Trinajstić information content (AvgIpc) is 2.96. The predicted molar refractivity (Wildman–Crippen MR) is 82.9 cm³/mol. The Morgan fingerprint density at radius 1 is 1.00 bits per heavy atom. The number of halogens is 1. The Morgan fingerprint density at radius 2 is 1.75 bits per heavy atom. The number of hydrogen-bond donors (Lipinski definition) is 0. The molecule has 0 atom stereocenters. The second kappa shape index (κ2) is 6.19. The highest BCUT2D eigenvalue weighted by Gasteiger charge is 2.08. The van der Waals surface area contributed by atoms with Gasteiger partial charge in [-0.25, -0.2) is 0 Å². The third-order valence-electron chi connectivity index (χ3n) is 2.72. The van der Waals surface area contributed by atoms with Gasteiger partial charge in [0.15, 0.2) is 5.82 Å². The summed E-state index contributed by atoms with van der Waals surface area (Å²) >= 11 is 5.14. The number of nitrogens with zero attached hydrogens (tertiary/aromatic N) is 4. The highest BCUT2D eigenvalue weighted by Crippen LogP contribution is 2.24. The van der Waals surface area contributed by atoms with E-state index in [0.717, 1.165) is 21.7 Å². The summed E-state index contributed by atoms with van der Waals surface area (Å²) in [6.45, 7) is 0. The smallest absolute Gasteiger partial charge is 0.166 e. The molecule has 0 unspecified atom stereocenters. The van der Waals surface area contributed by atoms with Crippen LogP contribution < -0.4 is 0 Å². The normalized spacial score (nSPS) is 10.7. The van der Waals surface area contributed by atoms with E-state index in [2.05, 4.69) is 43.6 Å². The fourth-order valence-electron chi connectivity index (χ4n) is 1.74. The number of para-hydroxylation sites is 1. The van der Waals surface area contributed by atoms with E-state index in [1.165, 1.54) is 4.90 Å². The maximum Gasteiger partial charge on any atom is 0.166 e. The molecular formula is C14H11BrN4S. The van der Waals surface area contributed by atoms with Gasteiger partial charge in [-0.05, 0) is 46.8 Å². The van der Waals surface area contributed by atoms with E-state index >= 15 is 0 Å². The topological polar surface area (TPSA) is 43.6 Å². The van der Waals surface area contributed by atoms with E-state index in [4.69, 9.17) is 0 Å². The largest absolute Gasteiger partial charge is 0.196 e. The molecule has 0 aliphatic heterocycles. The van der Waals surface area contributed by atoms with Crippen LogP contribution in [0.2, 0.25) is 0 Å². The van der Waals surface area contributed by atoms with Crippen LogP contribution in [0.25, 0.3) is 5.69 Å². The molecule has 1 aromatic heterocycles. The van der Waals surface area contributed by atoms with Gasteiger partial charge in [0, 0.05) is 9.37 Å². The van der Waals surface area contributed by atoms with E-state index in [1.807, 2.05) is 42.5 Å². The quantitative estimate of drug-likeness (QED) is 0.675. The van der Waals surface area contributed by atoms with Crippen LogP contribution in [0.3, 0.4) is 0 Å². The molecule has 0 amide bonds. The lowest BCUT2D eigenvalue weighted by atomic mass is 10.3. The summed E-state index contributed by atoms with van der Waals surface area (Å²) in [5.41, 5.74) is 0.976. The Hall–Kier alpha value is -1.66. The fourth-order valence-corrected chi connectivity index (χ4v) is 2.81. The zero-order chi connectivity index (χ0) is 13.8. The summed E-state index contributed by atoms with van der Waals surface area (Å²) in [6, 6.07) is 18.1. The second-order valence-electron chi connectivity index (χ2n) is 4.09. The first-order chi connectivity index (χ1) is 9.83. The Kier molecular flexibility index (Phi) is 4.13. The number of rotatable bonds is 4. The predicted octanol–water partition coefficient (Wildman–Crippen LogP) is 3.72. The Labute approximate surface area is 129 Å². The standard InChI is InChI=1S/C14H11BrN4S/c15-11-6-8-13(9-7-11)20-10-14-16-17-18-19(14)12-4-2-1-3-5-12/h1-9H,10H2. The second-order valence-corrected chi connectivity index (χ2v) is 6.05. The maximum absolute atomic E-state index is 4.10. The zero-order valence-electron chi connectivity index (χ0n) is 10.5. The lowest BCUT2D eigenvalue weighted by molar-refractivity contribution is 0.777. The van der Waals surface area contributed by atoms with Crippen LogP contribution in [0.15, 0.2) is 64.0 Å². The molecule has 3 rings (SSSR count). The maximum atomic E-state index is 4.10. The van der Waals surface area contributed by atoms with Gasteiger partial charge in [-0.2, -0.15) is 4.68 Å². The molecule has 0 saturated heterocycles. The van der Waals surface area contributed by atoms with Crippen molar-refractivity contribution in [1.82, 2.24) is 20.2 Å². The van der Waals surface area contributed by atoms with Crippen LogP contribution in [0.5, 0.6) is 0 Å². The van der Waals surface area contributed by atoms with Gasteiger partial charge >= 0.3 is 0 Å². The van der Waals surface area contributed by atoms with Crippen molar-refractivity contribution in [1.29, 1.82) is 0 Å². The molecule has 3 aromatic rings. The van der Waals surface area contributed by atoms with Crippen LogP contribution in [-0.4, -0.2) is 20.2 Å². The van der Waals surface area contributed by atoms with Crippen LogP contribution in [0.4, 0.5) is 0 Å². The third kappa shape index (κ3) is 3.08. The van der Waals surface area contributed by atoms with Crippen molar-refractivity contribution in [3.8, 4) is 5.69 Å². The van der Waals surface area contributed by atoms with E-state index in [1.54, 1.807) is 16.4 Å². The van der Waals surface area contributed by atoms with Crippen LogP contribution in [-0.2, 0) is 5.75 Å². The monoisotopic (exact) mass is 346 g/mol. The molecule has 100 valence electrons. The molecule has 2 aromatic carbocycles. The van der Waals surface area contributed by atoms with Gasteiger partial charge in [0.25, 0.3) is 0 Å². The molecule has 6 heteroatoms. The van der Waals surface area contributed by atoms with Gasteiger partial charge < -0.3 is 0 Å².